The first-order chi connectivity index (χ1) is 5.46. The maximum Gasteiger partial charge on any atom is 0.433 e. The fourth-order valence-corrected chi connectivity index (χ4v) is 0.943. The van der Waals surface area contributed by atoms with Crippen molar-refractivity contribution >= 4 is 11.6 Å². The van der Waals surface area contributed by atoms with E-state index in [9.17, 15) is 17.6 Å². The van der Waals surface area contributed by atoms with Crippen LogP contribution in [-0.4, -0.2) is 10.2 Å². The highest BCUT2D eigenvalue weighted by molar-refractivity contribution is 6.17. The third kappa shape index (κ3) is 1.52. The fraction of sp³-hybridized carbons (Fsp3) is 0.400. The van der Waals surface area contributed by atoms with Gasteiger partial charge in [0.1, 0.15) is 5.69 Å². The maximum absolute atomic E-state index is 12.4. The van der Waals surface area contributed by atoms with Gasteiger partial charge in [-0.15, -0.1) is 16.7 Å². The molecule has 7 heteroatoms. The Morgan fingerprint density at radius 2 is 2.00 bits per heavy atom. The van der Waals surface area contributed by atoms with Crippen molar-refractivity contribution in [3.63, 3.8) is 0 Å². The van der Waals surface area contributed by atoms with E-state index < -0.39 is 29.3 Å². The molecule has 0 radical (unpaired) electrons. The highest BCUT2D eigenvalue weighted by Crippen LogP contribution is 2.31. The molecule has 68 valence electrons. The Kier molecular flexibility index (Phi) is 2.27. The highest BCUT2D eigenvalue weighted by Gasteiger charge is 2.37. The van der Waals surface area contributed by atoms with Crippen LogP contribution in [0.25, 0.3) is 0 Å². The highest BCUT2D eigenvalue weighted by atomic mass is 35.5. The number of rotatable bonds is 1. The van der Waals surface area contributed by atoms with Crippen LogP contribution in [-0.2, 0) is 12.1 Å². The minimum Gasteiger partial charge on any atom is -0.270 e. The van der Waals surface area contributed by atoms with Crippen molar-refractivity contribution in [2.24, 2.45) is 0 Å². The van der Waals surface area contributed by atoms with Crippen LogP contribution in [0.1, 0.15) is 11.3 Å². The molecule has 0 aliphatic heterocycles. The Bertz CT molecular complexity index is 279. The topological polar surface area (TPSA) is 28.7 Å². The van der Waals surface area contributed by atoms with Crippen LogP contribution < -0.4 is 0 Å². The summed E-state index contributed by atoms with van der Waals surface area (Å²) in [5, 5.41) is 4.29. The van der Waals surface area contributed by atoms with Crippen LogP contribution in [0, 0.1) is 5.95 Å². The normalized spacial score (nSPS) is 12.1. The lowest BCUT2D eigenvalue weighted by Crippen LogP contribution is -2.08. The smallest absolute Gasteiger partial charge is 0.270 e. The molecule has 1 aromatic heterocycles. The second-order valence-electron chi connectivity index (χ2n) is 2.00. The minimum absolute atomic E-state index is 0.558. The quantitative estimate of drug-likeness (QED) is 0.549. The van der Waals surface area contributed by atoms with Gasteiger partial charge in [0.05, 0.1) is 11.4 Å². The molecule has 0 aromatic carbocycles. The number of nitrogens with one attached hydrogen (secondary N) is 1. The molecule has 0 fully saturated rings. The van der Waals surface area contributed by atoms with Gasteiger partial charge in [-0.1, -0.05) is 0 Å². The Morgan fingerprint density at radius 3 is 2.33 bits per heavy atom. The summed E-state index contributed by atoms with van der Waals surface area (Å²) in [6.07, 6.45) is -4.64. The van der Waals surface area contributed by atoms with Gasteiger partial charge in [0.2, 0.25) is 5.95 Å². The predicted molar refractivity (Wildman–Crippen MR) is 33.1 cm³/mol. The maximum atomic E-state index is 12.4. The van der Waals surface area contributed by atoms with Gasteiger partial charge in [-0.25, -0.2) is 0 Å². The van der Waals surface area contributed by atoms with Crippen molar-refractivity contribution < 1.29 is 17.6 Å². The second kappa shape index (κ2) is 2.93. The molecule has 0 unspecified atom stereocenters. The van der Waals surface area contributed by atoms with Gasteiger partial charge >= 0.3 is 6.18 Å². The number of aromatic nitrogens is 2. The van der Waals surface area contributed by atoms with Crippen LogP contribution in [0.2, 0.25) is 0 Å². The van der Waals surface area contributed by atoms with Gasteiger partial charge in [-0.05, 0) is 0 Å². The molecule has 1 N–H and O–H groups in total. The van der Waals surface area contributed by atoms with Gasteiger partial charge < -0.3 is 0 Å². The van der Waals surface area contributed by atoms with Crippen molar-refractivity contribution in [3.05, 3.63) is 17.2 Å². The first kappa shape index (κ1) is 9.31. The van der Waals surface area contributed by atoms with Gasteiger partial charge in [0.15, 0.2) is 0 Å². The predicted octanol–water partition coefficient (Wildman–Crippen LogP) is 2.31. The largest absolute Gasteiger partial charge is 0.433 e. The first-order valence-corrected chi connectivity index (χ1v) is 3.36. The molecular formula is C5H3ClF4N2. The number of alkyl halides is 4. The summed E-state index contributed by atoms with van der Waals surface area (Å²) in [5.41, 5.74) is -1.88. The molecule has 0 bridgehead atoms. The summed E-state index contributed by atoms with van der Waals surface area (Å²) in [5.74, 6) is -1.77. The van der Waals surface area contributed by atoms with E-state index in [1.807, 2.05) is 0 Å². The molecule has 0 atom stereocenters. The van der Waals surface area contributed by atoms with E-state index in [0.29, 0.717) is 0 Å². The second-order valence-corrected chi connectivity index (χ2v) is 2.27. The zero-order valence-corrected chi connectivity index (χ0v) is 6.30. The molecular weight excluding hydrogens is 200 g/mol. The van der Waals surface area contributed by atoms with Crippen molar-refractivity contribution in [1.82, 2.24) is 10.2 Å². The van der Waals surface area contributed by atoms with E-state index in [2.05, 4.69) is 5.10 Å². The zero-order valence-electron chi connectivity index (χ0n) is 5.54. The van der Waals surface area contributed by atoms with E-state index in [0.717, 1.165) is 0 Å². The molecule has 1 rings (SSSR count). The van der Waals surface area contributed by atoms with Crippen molar-refractivity contribution in [1.29, 1.82) is 0 Å². The van der Waals surface area contributed by atoms with Crippen LogP contribution in [0.4, 0.5) is 17.6 Å². The number of halogens is 5. The molecule has 1 heterocycles. The monoisotopic (exact) mass is 202 g/mol. The zero-order chi connectivity index (χ0) is 9.35. The van der Waals surface area contributed by atoms with Gasteiger partial charge in [-0.2, -0.15) is 17.6 Å². The van der Waals surface area contributed by atoms with E-state index in [-0.39, 0.29) is 0 Å². The number of H-pyrrole nitrogens is 1. The summed E-state index contributed by atoms with van der Waals surface area (Å²) >= 11 is 5.08. The van der Waals surface area contributed by atoms with Crippen LogP contribution in [0.3, 0.4) is 0 Å². The minimum atomic E-state index is -4.64. The molecule has 0 saturated heterocycles. The average molecular weight is 203 g/mol. The Morgan fingerprint density at radius 1 is 1.42 bits per heavy atom. The Hall–Kier alpha value is -0.780. The van der Waals surface area contributed by atoms with Crippen LogP contribution >= 0.6 is 11.6 Å². The van der Waals surface area contributed by atoms with E-state index in [1.165, 1.54) is 5.10 Å². The summed E-state index contributed by atoms with van der Waals surface area (Å²) in [6.45, 7) is 0. The van der Waals surface area contributed by atoms with Gasteiger partial charge in [-0.3, -0.25) is 5.10 Å². The lowest BCUT2D eigenvalue weighted by molar-refractivity contribution is -0.141. The van der Waals surface area contributed by atoms with E-state index in [4.69, 9.17) is 11.6 Å². The van der Waals surface area contributed by atoms with Crippen LogP contribution in [0.15, 0.2) is 0 Å². The van der Waals surface area contributed by atoms with Crippen molar-refractivity contribution in [2.45, 2.75) is 12.1 Å². The van der Waals surface area contributed by atoms with Crippen molar-refractivity contribution in [3.8, 4) is 0 Å². The van der Waals surface area contributed by atoms with E-state index >= 15 is 0 Å². The van der Waals surface area contributed by atoms with E-state index in [1.54, 1.807) is 0 Å². The Labute approximate surface area is 69.5 Å². The molecule has 0 aliphatic carbocycles. The number of hydrogen-bond donors (Lipinski definition) is 1. The molecule has 0 saturated carbocycles. The van der Waals surface area contributed by atoms with Crippen molar-refractivity contribution in [2.75, 3.05) is 0 Å². The number of aromatic amines is 1. The fourth-order valence-electron chi connectivity index (χ4n) is 0.700. The molecule has 0 spiro atoms. The third-order valence-electron chi connectivity index (χ3n) is 1.23. The first-order valence-electron chi connectivity index (χ1n) is 2.82. The molecule has 1 aromatic rings. The SMILES string of the molecule is Fc1n[nH]c(C(F)(F)F)c1CCl. The molecule has 0 amide bonds. The molecule has 2 nitrogen and oxygen atoms in total. The lowest BCUT2D eigenvalue weighted by Gasteiger charge is -2.03. The van der Waals surface area contributed by atoms with Gasteiger partial charge in [0, 0.05) is 0 Å². The standard InChI is InChI=1S/C5H3ClF4N2/c6-1-2-3(5(8,9)10)11-12-4(2)7/h1H2,(H,11,12). The summed E-state index contributed by atoms with van der Waals surface area (Å²) in [6, 6.07) is 0. The summed E-state index contributed by atoms with van der Waals surface area (Å²) < 4.78 is 48.3. The Balaban J connectivity index is 3.16. The number of hydrogen-bond acceptors (Lipinski definition) is 1. The van der Waals surface area contributed by atoms with Crippen LogP contribution in [0.5, 0.6) is 0 Å². The van der Waals surface area contributed by atoms with Gasteiger partial charge in [0.25, 0.3) is 0 Å². The number of nitrogens with zero attached hydrogens (tertiary/aromatic N) is 1. The average Bonchev–Trinajstić information content (AvgIpc) is 2.29. The molecule has 12 heavy (non-hydrogen) atoms. The lowest BCUT2D eigenvalue weighted by atomic mass is 10.3. The summed E-state index contributed by atoms with van der Waals surface area (Å²) in [7, 11) is 0. The summed E-state index contributed by atoms with van der Waals surface area (Å²) in [4.78, 5) is 0. The molecule has 0 aliphatic rings. The third-order valence-corrected chi connectivity index (χ3v) is 1.50.